The van der Waals surface area contributed by atoms with E-state index in [1.807, 2.05) is 54.6 Å². The molecule has 32 heavy (non-hydrogen) atoms. The van der Waals surface area contributed by atoms with Crippen molar-refractivity contribution >= 4 is 18.4 Å². The molecule has 2 aromatic carbocycles. The van der Waals surface area contributed by atoms with Gasteiger partial charge in [0.25, 0.3) is 11.5 Å². The second-order valence-corrected chi connectivity index (χ2v) is 10.9. The lowest BCUT2D eigenvalue weighted by Crippen LogP contribution is -2.34. The van der Waals surface area contributed by atoms with Crippen LogP contribution in [-0.2, 0) is 4.57 Å². The molecule has 0 fully saturated rings. The minimum atomic E-state index is -2.40. The number of carbonyl (C=O) groups excluding carboxylic acids is 1. The first-order chi connectivity index (χ1) is 15.3. The highest BCUT2D eigenvalue weighted by Crippen LogP contribution is 2.35. The number of H-pyrrole nitrogens is 1. The zero-order chi connectivity index (χ0) is 22.7. The van der Waals surface area contributed by atoms with Gasteiger partial charge in [-0.05, 0) is 30.5 Å². The molecule has 8 nitrogen and oxygen atoms in total. The van der Waals surface area contributed by atoms with Crippen LogP contribution < -0.4 is 16.2 Å². The van der Waals surface area contributed by atoms with Crippen LogP contribution in [-0.4, -0.2) is 39.0 Å². The Morgan fingerprint density at radius 3 is 2.31 bits per heavy atom. The molecule has 1 amide bonds. The van der Waals surface area contributed by atoms with Crippen molar-refractivity contribution in [3.8, 4) is 5.95 Å². The predicted molar refractivity (Wildman–Crippen MR) is 123 cm³/mol. The standard InChI is InChI=1S/C23H22N5O3P/c1-32(2,31)18-11-9-17(10-12-18)20(16-7-4-3-5-8-16)26-21(29)19-15-24-23(27-22(19)30)28-14-6-13-25-28/h3-15,20H,1-2H3,(H,26,29)(H,24,27,30)/t20-/m1/s1. The highest BCUT2D eigenvalue weighted by atomic mass is 31.2. The maximum absolute atomic E-state index is 13.0. The fourth-order valence-electron chi connectivity index (χ4n) is 3.30. The van der Waals surface area contributed by atoms with Gasteiger partial charge in [0.15, 0.2) is 0 Å². The molecule has 0 saturated heterocycles. The summed E-state index contributed by atoms with van der Waals surface area (Å²) in [5.41, 5.74) is 0.981. The van der Waals surface area contributed by atoms with Gasteiger partial charge in [0.2, 0.25) is 5.95 Å². The van der Waals surface area contributed by atoms with Gasteiger partial charge in [-0.2, -0.15) is 5.10 Å². The van der Waals surface area contributed by atoms with Crippen LogP contribution in [0.5, 0.6) is 0 Å². The Bertz CT molecular complexity index is 1330. The fraction of sp³-hybridized carbons (Fsp3) is 0.130. The van der Waals surface area contributed by atoms with Gasteiger partial charge in [0.1, 0.15) is 12.7 Å². The van der Waals surface area contributed by atoms with Gasteiger partial charge in [0.05, 0.1) is 6.04 Å². The Kier molecular flexibility index (Phi) is 5.88. The van der Waals surface area contributed by atoms with Crippen LogP contribution in [0.25, 0.3) is 5.95 Å². The molecule has 1 atom stereocenters. The van der Waals surface area contributed by atoms with Gasteiger partial charge in [-0.25, -0.2) is 9.67 Å². The lowest BCUT2D eigenvalue weighted by molar-refractivity contribution is 0.0941. The van der Waals surface area contributed by atoms with Crippen molar-refractivity contribution in [3.63, 3.8) is 0 Å². The maximum atomic E-state index is 13.0. The quantitative estimate of drug-likeness (QED) is 0.442. The summed E-state index contributed by atoms with van der Waals surface area (Å²) in [5, 5.41) is 7.70. The van der Waals surface area contributed by atoms with E-state index in [0.29, 0.717) is 0 Å². The molecule has 0 unspecified atom stereocenters. The van der Waals surface area contributed by atoms with Crippen molar-refractivity contribution in [1.82, 2.24) is 25.1 Å². The summed E-state index contributed by atoms with van der Waals surface area (Å²) in [6.07, 6.45) is 4.44. The molecule has 0 saturated carbocycles. The number of hydrogen-bond acceptors (Lipinski definition) is 5. The molecule has 2 N–H and O–H groups in total. The summed E-state index contributed by atoms with van der Waals surface area (Å²) in [7, 11) is -2.40. The minimum Gasteiger partial charge on any atom is -0.341 e. The van der Waals surface area contributed by atoms with Crippen molar-refractivity contribution in [1.29, 1.82) is 0 Å². The summed E-state index contributed by atoms with van der Waals surface area (Å²) in [5.74, 6) is -0.337. The average molecular weight is 447 g/mol. The van der Waals surface area contributed by atoms with E-state index in [-0.39, 0.29) is 11.5 Å². The van der Waals surface area contributed by atoms with E-state index < -0.39 is 24.7 Å². The maximum Gasteiger partial charge on any atom is 0.265 e. The number of carbonyl (C=O) groups is 1. The smallest absolute Gasteiger partial charge is 0.265 e. The van der Waals surface area contributed by atoms with E-state index in [0.717, 1.165) is 16.4 Å². The van der Waals surface area contributed by atoms with E-state index in [1.54, 1.807) is 31.8 Å². The van der Waals surface area contributed by atoms with Crippen LogP contribution in [0.2, 0.25) is 0 Å². The van der Waals surface area contributed by atoms with Crippen molar-refractivity contribution in [2.24, 2.45) is 0 Å². The molecule has 9 heteroatoms. The number of nitrogens with zero attached hydrogens (tertiary/aromatic N) is 3. The molecule has 0 aliphatic rings. The monoisotopic (exact) mass is 447 g/mol. The average Bonchev–Trinajstić information content (AvgIpc) is 3.32. The van der Waals surface area contributed by atoms with Crippen LogP contribution >= 0.6 is 7.14 Å². The molecule has 0 radical (unpaired) electrons. The molecule has 2 heterocycles. The zero-order valence-electron chi connectivity index (χ0n) is 17.6. The Hall–Kier alpha value is -3.77. The molecular formula is C23H22N5O3P. The first kappa shape index (κ1) is 21.5. The molecule has 0 aliphatic heterocycles. The molecule has 4 rings (SSSR count). The third-order valence-corrected chi connectivity index (χ3v) is 6.55. The SMILES string of the molecule is CP(C)(=O)c1ccc([C@H](NC(=O)c2cnc(-n3cccn3)[nH]c2=O)c2ccccc2)cc1. The molecule has 162 valence electrons. The van der Waals surface area contributed by atoms with Gasteiger partial charge in [0, 0.05) is 23.9 Å². The fourth-order valence-corrected chi connectivity index (χ4v) is 4.16. The Morgan fingerprint density at radius 2 is 1.72 bits per heavy atom. The number of amides is 1. The molecule has 0 bridgehead atoms. The van der Waals surface area contributed by atoms with E-state index in [2.05, 4.69) is 20.4 Å². The molecule has 0 spiro atoms. The van der Waals surface area contributed by atoms with Gasteiger partial charge in [-0.15, -0.1) is 0 Å². The summed E-state index contributed by atoms with van der Waals surface area (Å²) < 4.78 is 13.8. The summed E-state index contributed by atoms with van der Waals surface area (Å²) in [6, 6.07) is 17.9. The number of benzene rings is 2. The van der Waals surface area contributed by atoms with Crippen LogP contribution in [0, 0.1) is 0 Å². The van der Waals surface area contributed by atoms with Crippen molar-refractivity contribution in [2.45, 2.75) is 6.04 Å². The molecule has 0 aliphatic carbocycles. The number of aromatic amines is 1. The lowest BCUT2D eigenvalue weighted by Gasteiger charge is -2.20. The highest BCUT2D eigenvalue weighted by molar-refractivity contribution is 7.70. The molecule has 4 aromatic rings. The second-order valence-electron chi connectivity index (χ2n) is 7.66. The van der Waals surface area contributed by atoms with Crippen LogP contribution in [0.4, 0.5) is 0 Å². The second kappa shape index (κ2) is 8.77. The first-order valence-electron chi connectivity index (χ1n) is 9.93. The minimum absolute atomic E-state index is 0.106. The number of nitrogens with one attached hydrogen (secondary N) is 2. The predicted octanol–water partition coefficient (Wildman–Crippen LogP) is 2.72. The van der Waals surface area contributed by atoms with Crippen molar-refractivity contribution < 1.29 is 9.36 Å². The summed E-state index contributed by atoms with van der Waals surface area (Å²) in [6.45, 7) is 3.43. The third-order valence-electron chi connectivity index (χ3n) is 5.01. The van der Waals surface area contributed by atoms with Crippen LogP contribution in [0.1, 0.15) is 27.5 Å². The van der Waals surface area contributed by atoms with Crippen LogP contribution in [0.15, 0.2) is 84.0 Å². The van der Waals surface area contributed by atoms with E-state index in [4.69, 9.17) is 0 Å². The van der Waals surface area contributed by atoms with E-state index in [1.165, 1.54) is 10.9 Å². The Labute approximate surface area is 184 Å². The third kappa shape index (κ3) is 4.60. The Balaban J connectivity index is 1.65. The lowest BCUT2D eigenvalue weighted by atomic mass is 9.98. The first-order valence-corrected chi connectivity index (χ1v) is 12.5. The zero-order valence-corrected chi connectivity index (χ0v) is 18.5. The van der Waals surface area contributed by atoms with Gasteiger partial charge in [-0.1, -0.05) is 54.6 Å². The van der Waals surface area contributed by atoms with Gasteiger partial charge >= 0.3 is 0 Å². The van der Waals surface area contributed by atoms with Crippen molar-refractivity contribution in [2.75, 3.05) is 13.3 Å². The topological polar surface area (TPSA) is 110 Å². The van der Waals surface area contributed by atoms with Crippen LogP contribution in [0.3, 0.4) is 0 Å². The summed E-state index contributed by atoms with van der Waals surface area (Å²) >= 11 is 0. The largest absolute Gasteiger partial charge is 0.341 e. The molecule has 2 aromatic heterocycles. The highest BCUT2D eigenvalue weighted by Gasteiger charge is 2.21. The number of aromatic nitrogens is 4. The summed E-state index contributed by atoms with van der Waals surface area (Å²) in [4.78, 5) is 32.3. The number of rotatable bonds is 6. The van der Waals surface area contributed by atoms with E-state index in [9.17, 15) is 14.2 Å². The van der Waals surface area contributed by atoms with E-state index >= 15 is 0 Å². The Morgan fingerprint density at radius 1 is 1.03 bits per heavy atom. The normalized spacial score (nSPS) is 12.3. The molecular weight excluding hydrogens is 425 g/mol. The van der Waals surface area contributed by atoms with Gasteiger partial charge < -0.3 is 9.88 Å². The number of hydrogen-bond donors (Lipinski definition) is 2. The van der Waals surface area contributed by atoms with Gasteiger partial charge in [-0.3, -0.25) is 14.6 Å². The van der Waals surface area contributed by atoms with Crippen molar-refractivity contribution in [3.05, 3.63) is 106 Å².